The maximum atomic E-state index is 5.73. The van der Waals surface area contributed by atoms with Gasteiger partial charge in [-0.25, -0.2) is 0 Å². The van der Waals surface area contributed by atoms with Crippen molar-refractivity contribution in [1.82, 2.24) is 4.90 Å². The van der Waals surface area contributed by atoms with E-state index < -0.39 is 0 Å². The smallest absolute Gasteiger partial charge is 0.0678 e. The molecule has 2 atom stereocenters. The number of hydrogen-bond acceptors (Lipinski definition) is 3. The molecule has 1 saturated heterocycles. The number of nitrogens with zero attached hydrogens (tertiary/aromatic N) is 1. The minimum atomic E-state index is 0.219. The van der Waals surface area contributed by atoms with E-state index in [4.69, 9.17) is 10.5 Å². The van der Waals surface area contributed by atoms with E-state index in [0.29, 0.717) is 12.2 Å². The molecule has 1 heterocycles. The van der Waals surface area contributed by atoms with Crippen molar-refractivity contribution in [2.45, 2.75) is 39.9 Å². The Morgan fingerprint density at radius 2 is 1.79 bits per heavy atom. The van der Waals surface area contributed by atoms with Crippen LogP contribution in [0.3, 0.4) is 0 Å². The van der Waals surface area contributed by atoms with Crippen LogP contribution in [0, 0.1) is 5.41 Å². The van der Waals surface area contributed by atoms with Crippen molar-refractivity contribution in [2.24, 2.45) is 11.1 Å². The molecule has 1 fully saturated rings. The van der Waals surface area contributed by atoms with E-state index in [-0.39, 0.29) is 5.41 Å². The Bertz CT molecular complexity index is 172. The van der Waals surface area contributed by atoms with Crippen LogP contribution in [-0.2, 0) is 4.74 Å². The molecule has 3 nitrogen and oxygen atoms in total. The fraction of sp³-hybridized carbons (Fsp3) is 1.00. The fourth-order valence-electron chi connectivity index (χ4n) is 2.08. The standard InChI is InChI=1S/C11H24N2O/c1-9-5-13(6-10(2)14-9)8-11(3,4)7-12/h9-10H,5-8,12H2,1-4H3/t9-,10+. The molecule has 1 rings (SSSR count). The van der Waals surface area contributed by atoms with Gasteiger partial charge in [0.2, 0.25) is 0 Å². The average Bonchev–Trinajstić information content (AvgIpc) is 2.01. The topological polar surface area (TPSA) is 38.5 Å². The summed E-state index contributed by atoms with van der Waals surface area (Å²) < 4.78 is 5.69. The molecule has 84 valence electrons. The number of rotatable bonds is 3. The third-order valence-electron chi connectivity index (χ3n) is 2.70. The predicted molar refractivity (Wildman–Crippen MR) is 59.3 cm³/mol. The highest BCUT2D eigenvalue weighted by Gasteiger charge is 2.26. The van der Waals surface area contributed by atoms with Crippen LogP contribution >= 0.6 is 0 Å². The minimum absolute atomic E-state index is 0.219. The molecule has 0 unspecified atom stereocenters. The zero-order valence-corrected chi connectivity index (χ0v) is 9.92. The van der Waals surface area contributed by atoms with Crippen molar-refractivity contribution in [3.05, 3.63) is 0 Å². The molecular weight excluding hydrogens is 176 g/mol. The molecule has 1 aliphatic heterocycles. The van der Waals surface area contributed by atoms with E-state index in [2.05, 4.69) is 32.6 Å². The molecule has 2 N–H and O–H groups in total. The van der Waals surface area contributed by atoms with Gasteiger partial charge in [0.15, 0.2) is 0 Å². The van der Waals surface area contributed by atoms with Gasteiger partial charge < -0.3 is 10.5 Å². The van der Waals surface area contributed by atoms with Crippen LogP contribution in [0.4, 0.5) is 0 Å². The first kappa shape index (κ1) is 12.0. The summed E-state index contributed by atoms with van der Waals surface area (Å²) in [6.45, 7) is 12.6. The van der Waals surface area contributed by atoms with Gasteiger partial charge in [-0.05, 0) is 25.8 Å². The van der Waals surface area contributed by atoms with Gasteiger partial charge in [-0.15, -0.1) is 0 Å². The molecular formula is C11H24N2O. The Morgan fingerprint density at radius 1 is 1.29 bits per heavy atom. The van der Waals surface area contributed by atoms with E-state index >= 15 is 0 Å². The largest absolute Gasteiger partial charge is 0.373 e. The fourth-order valence-corrected chi connectivity index (χ4v) is 2.08. The highest BCUT2D eigenvalue weighted by molar-refractivity contribution is 4.80. The van der Waals surface area contributed by atoms with Gasteiger partial charge in [0, 0.05) is 19.6 Å². The van der Waals surface area contributed by atoms with Gasteiger partial charge in [-0.3, -0.25) is 4.90 Å². The lowest BCUT2D eigenvalue weighted by Crippen LogP contribution is -2.49. The summed E-state index contributed by atoms with van der Waals surface area (Å²) in [5.41, 5.74) is 5.95. The third-order valence-corrected chi connectivity index (χ3v) is 2.70. The van der Waals surface area contributed by atoms with Crippen molar-refractivity contribution >= 4 is 0 Å². The summed E-state index contributed by atoms with van der Waals surface area (Å²) in [5.74, 6) is 0. The molecule has 0 spiro atoms. The molecule has 3 heteroatoms. The molecule has 0 aromatic heterocycles. The molecule has 0 aromatic carbocycles. The van der Waals surface area contributed by atoms with Crippen LogP contribution < -0.4 is 5.73 Å². The molecule has 0 bridgehead atoms. The second kappa shape index (κ2) is 4.60. The Kier molecular flexibility index (Phi) is 3.93. The third kappa shape index (κ3) is 3.56. The Morgan fingerprint density at radius 3 is 2.21 bits per heavy atom. The van der Waals surface area contributed by atoms with E-state index in [0.717, 1.165) is 26.2 Å². The first-order valence-electron chi connectivity index (χ1n) is 5.51. The summed E-state index contributed by atoms with van der Waals surface area (Å²) in [6.07, 6.45) is 0.708. The molecule has 0 radical (unpaired) electrons. The van der Waals surface area contributed by atoms with E-state index in [9.17, 15) is 0 Å². The SMILES string of the molecule is C[C@@H]1CN(CC(C)(C)CN)C[C@H](C)O1. The maximum Gasteiger partial charge on any atom is 0.0678 e. The highest BCUT2D eigenvalue weighted by Crippen LogP contribution is 2.18. The number of nitrogens with two attached hydrogens (primary N) is 1. The lowest BCUT2D eigenvalue weighted by molar-refractivity contribution is -0.0751. The maximum absolute atomic E-state index is 5.73. The quantitative estimate of drug-likeness (QED) is 0.741. The predicted octanol–water partition coefficient (Wildman–Crippen LogP) is 1.08. The number of ether oxygens (including phenoxy) is 1. The van der Waals surface area contributed by atoms with E-state index in [1.165, 1.54) is 0 Å². The van der Waals surface area contributed by atoms with Crippen LogP contribution in [-0.4, -0.2) is 43.3 Å². The van der Waals surface area contributed by atoms with Crippen molar-refractivity contribution in [1.29, 1.82) is 0 Å². The van der Waals surface area contributed by atoms with Crippen LogP contribution in [0.1, 0.15) is 27.7 Å². The summed E-state index contributed by atoms with van der Waals surface area (Å²) >= 11 is 0. The first-order valence-corrected chi connectivity index (χ1v) is 5.51. The van der Waals surface area contributed by atoms with Gasteiger partial charge in [-0.1, -0.05) is 13.8 Å². The van der Waals surface area contributed by atoms with Crippen LogP contribution in [0.15, 0.2) is 0 Å². The second-order valence-electron chi connectivity index (χ2n) is 5.32. The van der Waals surface area contributed by atoms with E-state index in [1.54, 1.807) is 0 Å². The summed E-state index contributed by atoms with van der Waals surface area (Å²) in [7, 11) is 0. The molecule has 14 heavy (non-hydrogen) atoms. The number of morpholine rings is 1. The molecule has 0 saturated carbocycles. The van der Waals surface area contributed by atoms with Crippen LogP contribution in [0.2, 0.25) is 0 Å². The highest BCUT2D eigenvalue weighted by atomic mass is 16.5. The monoisotopic (exact) mass is 200 g/mol. The van der Waals surface area contributed by atoms with Crippen LogP contribution in [0.5, 0.6) is 0 Å². The van der Waals surface area contributed by atoms with Gasteiger partial charge in [0.1, 0.15) is 0 Å². The van der Waals surface area contributed by atoms with Crippen molar-refractivity contribution < 1.29 is 4.74 Å². The van der Waals surface area contributed by atoms with Gasteiger partial charge in [-0.2, -0.15) is 0 Å². The van der Waals surface area contributed by atoms with Gasteiger partial charge >= 0.3 is 0 Å². The van der Waals surface area contributed by atoms with Gasteiger partial charge in [0.25, 0.3) is 0 Å². The van der Waals surface area contributed by atoms with Crippen LogP contribution in [0.25, 0.3) is 0 Å². The zero-order chi connectivity index (χ0) is 10.8. The lowest BCUT2D eigenvalue weighted by atomic mass is 9.92. The van der Waals surface area contributed by atoms with Crippen molar-refractivity contribution in [3.8, 4) is 0 Å². The normalized spacial score (nSPS) is 30.6. The molecule has 0 amide bonds. The molecule has 0 aromatic rings. The molecule has 1 aliphatic rings. The van der Waals surface area contributed by atoms with Crippen molar-refractivity contribution in [2.75, 3.05) is 26.2 Å². The Hall–Kier alpha value is -0.120. The van der Waals surface area contributed by atoms with E-state index in [1.807, 2.05) is 0 Å². The molecule has 0 aliphatic carbocycles. The lowest BCUT2D eigenvalue weighted by Gasteiger charge is -2.39. The number of hydrogen-bond donors (Lipinski definition) is 1. The van der Waals surface area contributed by atoms with Crippen molar-refractivity contribution in [3.63, 3.8) is 0 Å². The Balaban J connectivity index is 2.44. The summed E-state index contributed by atoms with van der Waals surface area (Å²) in [6, 6.07) is 0. The summed E-state index contributed by atoms with van der Waals surface area (Å²) in [4.78, 5) is 2.46. The second-order valence-corrected chi connectivity index (χ2v) is 5.32. The average molecular weight is 200 g/mol. The Labute approximate surface area is 87.6 Å². The van der Waals surface area contributed by atoms with Gasteiger partial charge in [0.05, 0.1) is 12.2 Å². The zero-order valence-electron chi connectivity index (χ0n) is 9.92. The minimum Gasteiger partial charge on any atom is -0.373 e. The summed E-state index contributed by atoms with van der Waals surface area (Å²) in [5, 5.41) is 0. The first-order chi connectivity index (χ1) is 6.43.